The minimum absolute atomic E-state index is 0.0123. The molecule has 0 atom stereocenters. The second-order valence-electron chi connectivity index (χ2n) is 6.18. The molecule has 0 bridgehead atoms. The molecule has 0 radical (unpaired) electrons. The van der Waals surface area contributed by atoms with Crippen LogP contribution in [0.25, 0.3) is 0 Å². The van der Waals surface area contributed by atoms with E-state index in [4.69, 9.17) is 10.5 Å². The molecule has 2 aromatic rings. The third-order valence-electron chi connectivity index (χ3n) is 4.44. The molecule has 0 aliphatic carbocycles. The fourth-order valence-electron chi connectivity index (χ4n) is 2.91. The van der Waals surface area contributed by atoms with E-state index in [-0.39, 0.29) is 18.4 Å². The van der Waals surface area contributed by atoms with Gasteiger partial charge in [-0.3, -0.25) is 9.59 Å². The molecular formula is C20H23N3O3. The van der Waals surface area contributed by atoms with E-state index >= 15 is 0 Å². The Hall–Kier alpha value is -2.86. The first-order valence-electron chi connectivity index (χ1n) is 8.71. The van der Waals surface area contributed by atoms with Gasteiger partial charge in [0.05, 0.1) is 6.54 Å². The average molecular weight is 353 g/mol. The lowest BCUT2D eigenvalue weighted by atomic mass is 10.1. The van der Waals surface area contributed by atoms with Gasteiger partial charge in [-0.15, -0.1) is 0 Å². The van der Waals surface area contributed by atoms with Gasteiger partial charge in [0.2, 0.25) is 5.91 Å². The summed E-state index contributed by atoms with van der Waals surface area (Å²) >= 11 is 0. The number of carbonyl (C=O) groups excluding carboxylic acids is 2. The summed E-state index contributed by atoms with van der Waals surface area (Å²) in [5.74, 6) is 0.625. The molecule has 1 fully saturated rings. The highest BCUT2D eigenvalue weighted by Gasteiger charge is 2.24. The van der Waals surface area contributed by atoms with E-state index in [1.54, 1.807) is 21.9 Å². The molecule has 0 saturated carbocycles. The van der Waals surface area contributed by atoms with Gasteiger partial charge in [-0.05, 0) is 29.8 Å². The van der Waals surface area contributed by atoms with Crippen molar-refractivity contribution in [1.29, 1.82) is 0 Å². The van der Waals surface area contributed by atoms with Crippen LogP contribution in [0.15, 0.2) is 54.6 Å². The van der Waals surface area contributed by atoms with E-state index in [0.29, 0.717) is 38.3 Å². The van der Waals surface area contributed by atoms with Crippen LogP contribution in [0.3, 0.4) is 0 Å². The predicted octanol–water partition coefficient (Wildman–Crippen LogP) is 1.51. The minimum Gasteiger partial charge on any atom is -0.489 e. The van der Waals surface area contributed by atoms with Gasteiger partial charge in [-0.1, -0.05) is 30.3 Å². The number of ether oxygens (including phenoxy) is 1. The highest BCUT2D eigenvalue weighted by molar-refractivity contribution is 5.94. The van der Waals surface area contributed by atoms with Crippen LogP contribution in [0.5, 0.6) is 5.75 Å². The lowest BCUT2D eigenvalue weighted by molar-refractivity contribution is -0.131. The summed E-state index contributed by atoms with van der Waals surface area (Å²) in [5, 5.41) is 0. The second kappa shape index (κ2) is 8.49. The number of carbonyl (C=O) groups is 2. The Labute approximate surface area is 153 Å². The minimum atomic E-state index is -0.0722. The number of hydrogen-bond donors (Lipinski definition) is 1. The molecule has 2 aromatic carbocycles. The van der Waals surface area contributed by atoms with Crippen LogP contribution >= 0.6 is 0 Å². The van der Waals surface area contributed by atoms with Crippen molar-refractivity contribution >= 4 is 11.8 Å². The third kappa shape index (κ3) is 4.40. The van der Waals surface area contributed by atoms with Gasteiger partial charge in [0.25, 0.3) is 5.91 Å². The van der Waals surface area contributed by atoms with E-state index in [2.05, 4.69) is 0 Å². The van der Waals surface area contributed by atoms with Crippen molar-refractivity contribution in [2.75, 3.05) is 32.7 Å². The maximum Gasteiger partial charge on any atom is 0.253 e. The molecule has 2 N–H and O–H groups in total. The molecule has 26 heavy (non-hydrogen) atoms. The summed E-state index contributed by atoms with van der Waals surface area (Å²) in [6.07, 6.45) is 0. The number of nitrogens with two attached hydrogens (primary N) is 1. The van der Waals surface area contributed by atoms with E-state index in [9.17, 15) is 9.59 Å². The molecule has 0 spiro atoms. The van der Waals surface area contributed by atoms with E-state index in [1.165, 1.54) is 0 Å². The lowest BCUT2D eigenvalue weighted by Gasteiger charge is -2.34. The topological polar surface area (TPSA) is 75.9 Å². The van der Waals surface area contributed by atoms with Gasteiger partial charge in [-0.2, -0.15) is 0 Å². The van der Waals surface area contributed by atoms with Gasteiger partial charge in [-0.25, -0.2) is 0 Å². The number of benzene rings is 2. The maximum atomic E-state index is 12.6. The number of piperazine rings is 1. The van der Waals surface area contributed by atoms with Crippen molar-refractivity contribution in [2.45, 2.75) is 6.61 Å². The molecule has 6 heteroatoms. The van der Waals surface area contributed by atoms with Crippen molar-refractivity contribution in [1.82, 2.24) is 9.80 Å². The molecule has 3 rings (SSSR count). The maximum absolute atomic E-state index is 12.6. The summed E-state index contributed by atoms with van der Waals surface area (Å²) in [4.78, 5) is 27.7. The molecule has 6 nitrogen and oxygen atoms in total. The van der Waals surface area contributed by atoms with Crippen LogP contribution in [0.2, 0.25) is 0 Å². The Morgan fingerprint density at radius 2 is 1.50 bits per heavy atom. The SMILES string of the molecule is NCC(=O)N1CCN(C(=O)c2ccc(OCc3ccccc3)cc2)CC1. The van der Waals surface area contributed by atoms with Crippen LogP contribution in [-0.2, 0) is 11.4 Å². The van der Waals surface area contributed by atoms with E-state index < -0.39 is 0 Å². The number of hydrogen-bond acceptors (Lipinski definition) is 4. The van der Waals surface area contributed by atoms with Crippen LogP contribution < -0.4 is 10.5 Å². The summed E-state index contributed by atoms with van der Waals surface area (Å²) in [6, 6.07) is 17.1. The fraction of sp³-hybridized carbons (Fsp3) is 0.300. The number of amides is 2. The molecule has 0 aromatic heterocycles. The van der Waals surface area contributed by atoms with E-state index in [0.717, 1.165) is 11.3 Å². The van der Waals surface area contributed by atoms with Crippen LogP contribution in [0.4, 0.5) is 0 Å². The first-order chi connectivity index (χ1) is 12.7. The normalized spacial score (nSPS) is 14.2. The molecular weight excluding hydrogens is 330 g/mol. The van der Waals surface area contributed by atoms with Crippen molar-refractivity contribution in [3.8, 4) is 5.75 Å². The van der Waals surface area contributed by atoms with Crippen LogP contribution in [-0.4, -0.2) is 54.3 Å². The van der Waals surface area contributed by atoms with Gasteiger partial charge in [0.1, 0.15) is 12.4 Å². The zero-order valence-corrected chi connectivity index (χ0v) is 14.6. The molecule has 1 aliphatic heterocycles. The highest BCUT2D eigenvalue weighted by atomic mass is 16.5. The Balaban J connectivity index is 1.53. The Morgan fingerprint density at radius 1 is 0.885 bits per heavy atom. The van der Waals surface area contributed by atoms with Gasteiger partial charge >= 0.3 is 0 Å². The summed E-state index contributed by atoms with van der Waals surface area (Å²) in [7, 11) is 0. The van der Waals surface area contributed by atoms with Gasteiger partial charge < -0.3 is 20.3 Å². The van der Waals surface area contributed by atoms with Crippen LogP contribution in [0.1, 0.15) is 15.9 Å². The van der Waals surface area contributed by atoms with E-state index in [1.807, 2.05) is 42.5 Å². The van der Waals surface area contributed by atoms with Gasteiger partial charge in [0.15, 0.2) is 0 Å². The van der Waals surface area contributed by atoms with Gasteiger partial charge in [0, 0.05) is 31.7 Å². The molecule has 1 heterocycles. The van der Waals surface area contributed by atoms with Crippen LogP contribution in [0, 0.1) is 0 Å². The Bertz CT molecular complexity index is 739. The molecule has 1 aliphatic rings. The standard InChI is InChI=1S/C20H23N3O3/c21-14-19(24)22-10-12-23(13-11-22)20(25)17-6-8-18(9-7-17)26-15-16-4-2-1-3-5-16/h1-9H,10-15,21H2. The largest absolute Gasteiger partial charge is 0.489 e. The molecule has 136 valence electrons. The second-order valence-corrected chi connectivity index (χ2v) is 6.18. The summed E-state index contributed by atoms with van der Waals surface area (Å²) < 4.78 is 5.74. The van der Waals surface area contributed by atoms with Crippen molar-refractivity contribution in [2.24, 2.45) is 5.73 Å². The quantitative estimate of drug-likeness (QED) is 0.884. The fourth-order valence-corrected chi connectivity index (χ4v) is 2.91. The summed E-state index contributed by atoms with van der Waals surface area (Å²) in [6.45, 7) is 2.61. The molecule has 0 unspecified atom stereocenters. The zero-order valence-electron chi connectivity index (χ0n) is 14.6. The number of rotatable bonds is 5. The molecule has 1 saturated heterocycles. The lowest BCUT2D eigenvalue weighted by Crippen LogP contribution is -2.51. The zero-order chi connectivity index (χ0) is 18.4. The third-order valence-corrected chi connectivity index (χ3v) is 4.44. The summed E-state index contributed by atoms with van der Waals surface area (Å²) in [5.41, 5.74) is 7.10. The smallest absolute Gasteiger partial charge is 0.253 e. The highest BCUT2D eigenvalue weighted by Crippen LogP contribution is 2.16. The molecule has 2 amide bonds. The first-order valence-corrected chi connectivity index (χ1v) is 8.71. The predicted molar refractivity (Wildman–Crippen MR) is 98.8 cm³/mol. The Kier molecular flexibility index (Phi) is 5.86. The monoisotopic (exact) mass is 353 g/mol. The van der Waals surface area contributed by atoms with Crippen molar-refractivity contribution < 1.29 is 14.3 Å². The first kappa shape index (κ1) is 17.9. The number of nitrogens with zero attached hydrogens (tertiary/aromatic N) is 2. The Morgan fingerprint density at radius 3 is 2.12 bits per heavy atom. The average Bonchev–Trinajstić information content (AvgIpc) is 2.72. The van der Waals surface area contributed by atoms with Crippen molar-refractivity contribution in [3.05, 3.63) is 65.7 Å². The van der Waals surface area contributed by atoms with Crippen molar-refractivity contribution in [3.63, 3.8) is 0 Å².